The molecule has 6 nitrogen and oxygen atoms in total. The van der Waals surface area contributed by atoms with Gasteiger partial charge in [0.25, 0.3) is 0 Å². The fourth-order valence-electron chi connectivity index (χ4n) is 2.19. The number of anilines is 3. The van der Waals surface area contributed by atoms with Crippen LogP contribution in [0.3, 0.4) is 0 Å². The first kappa shape index (κ1) is 17.6. The van der Waals surface area contributed by atoms with Gasteiger partial charge in [0, 0.05) is 30.9 Å². The number of hydrogen-bond acceptors (Lipinski definition) is 6. The monoisotopic (exact) mass is 361 g/mol. The summed E-state index contributed by atoms with van der Waals surface area (Å²) in [6.07, 6.45) is 1.57. The summed E-state index contributed by atoms with van der Waals surface area (Å²) >= 11 is 0. The smallest absolute Gasteiger partial charge is 0.225 e. The highest BCUT2D eigenvalue weighted by Gasteiger charge is 2.14. The molecule has 0 fully saturated rings. The Hall–Kier alpha value is -3.20. The van der Waals surface area contributed by atoms with Gasteiger partial charge >= 0.3 is 0 Å². The van der Waals surface area contributed by atoms with Crippen LogP contribution < -0.4 is 10.6 Å². The van der Waals surface area contributed by atoms with Gasteiger partial charge in [-0.15, -0.1) is 0 Å². The van der Waals surface area contributed by atoms with Gasteiger partial charge in [0.2, 0.25) is 5.95 Å². The fourth-order valence-corrected chi connectivity index (χ4v) is 2.19. The first-order valence-electron chi connectivity index (χ1n) is 7.63. The van der Waals surface area contributed by atoms with Crippen molar-refractivity contribution in [3.63, 3.8) is 0 Å². The summed E-state index contributed by atoms with van der Waals surface area (Å²) < 4.78 is 40.8. The highest BCUT2D eigenvalue weighted by Crippen LogP contribution is 2.26. The Labute approximate surface area is 146 Å². The Morgan fingerprint density at radius 3 is 2.38 bits per heavy atom. The highest BCUT2D eigenvalue weighted by molar-refractivity contribution is 5.65. The number of aliphatic hydroxyl groups is 1. The van der Waals surface area contributed by atoms with Crippen LogP contribution in [0.5, 0.6) is 0 Å². The van der Waals surface area contributed by atoms with Crippen LogP contribution in [0.1, 0.15) is 0 Å². The van der Waals surface area contributed by atoms with Crippen LogP contribution in [-0.4, -0.2) is 33.2 Å². The van der Waals surface area contributed by atoms with E-state index in [0.29, 0.717) is 23.5 Å². The molecule has 1 aromatic carbocycles. The van der Waals surface area contributed by atoms with E-state index in [4.69, 9.17) is 5.11 Å². The highest BCUT2D eigenvalue weighted by atomic mass is 19.1. The molecule has 0 saturated heterocycles. The first-order chi connectivity index (χ1) is 12.6. The maximum Gasteiger partial charge on any atom is 0.225 e. The van der Waals surface area contributed by atoms with Crippen molar-refractivity contribution in [2.24, 2.45) is 0 Å². The fraction of sp³-hybridized carbons (Fsp3) is 0.118. The Balaban J connectivity index is 2.01. The second-order valence-corrected chi connectivity index (χ2v) is 5.20. The van der Waals surface area contributed by atoms with Gasteiger partial charge in [-0.3, -0.25) is 4.98 Å². The van der Waals surface area contributed by atoms with Gasteiger partial charge in [-0.05, 0) is 12.1 Å². The molecule has 3 aromatic rings. The van der Waals surface area contributed by atoms with Crippen LogP contribution in [0.4, 0.5) is 30.6 Å². The van der Waals surface area contributed by atoms with E-state index < -0.39 is 23.1 Å². The molecule has 0 saturated carbocycles. The Morgan fingerprint density at radius 1 is 0.962 bits per heavy atom. The summed E-state index contributed by atoms with van der Waals surface area (Å²) in [4.78, 5) is 12.5. The van der Waals surface area contributed by atoms with E-state index in [1.54, 1.807) is 24.4 Å². The Morgan fingerprint density at radius 2 is 1.73 bits per heavy atom. The lowest BCUT2D eigenvalue weighted by atomic mass is 10.2. The Bertz CT molecular complexity index is 885. The van der Waals surface area contributed by atoms with E-state index in [2.05, 4.69) is 25.6 Å². The largest absolute Gasteiger partial charge is 0.395 e. The molecule has 9 heteroatoms. The molecule has 0 aliphatic rings. The molecule has 0 atom stereocenters. The lowest BCUT2D eigenvalue weighted by Gasteiger charge is -2.12. The van der Waals surface area contributed by atoms with Gasteiger partial charge in [0.15, 0.2) is 11.6 Å². The van der Waals surface area contributed by atoms with Gasteiger partial charge < -0.3 is 15.7 Å². The number of pyridine rings is 1. The van der Waals surface area contributed by atoms with E-state index in [9.17, 15) is 13.2 Å². The van der Waals surface area contributed by atoms with Crippen molar-refractivity contribution in [1.29, 1.82) is 0 Å². The minimum Gasteiger partial charge on any atom is -0.395 e. The molecule has 0 radical (unpaired) electrons. The van der Waals surface area contributed by atoms with E-state index in [1.807, 2.05) is 0 Å². The molecule has 2 heterocycles. The van der Waals surface area contributed by atoms with Crippen LogP contribution >= 0.6 is 0 Å². The van der Waals surface area contributed by atoms with E-state index in [-0.39, 0.29) is 24.9 Å². The van der Waals surface area contributed by atoms with Crippen molar-refractivity contribution in [2.75, 3.05) is 23.8 Å². The lowest BCUT2D eigenvalue weighted by molar-refractivity contribution is 0.311. The molecule has 0 unspecified atom stereocenters. The zero-order valence-electron chi connectivity index (χ0n) is 13.4. The number of nitrogens with one attached hydrogen (secondary N) is 2. The maximum atomic E-state index is 13.9. The number of benzene rings is 1. The normalized spacial score (nSPS) is 10.6. The van der Waals surface area contributed by atoms with Crippen molar-refractivity contribution in [3.8, 4) is 11.4 Å². The van der Waals surface area contributed by atoms with Gasteiger partial charge in [0.05, 0.1) is 18.0 Å². The number of nitrogens with zero attached hydrogens (tertiary/aromatic N) is 3. The van der Waals surface area contributed by atoms with Gasteiger partial charge in [-0.25, -0.2) is 18.2 Å². The number of aromatic nitrogens is 3. The maximum absolute atomic E-state index is 13.9. The van der Waals surface area contributed by atoms with Crippen LogP contribution in [0.15, 0.2) is 42.6 Å². The number of halogens is 3. The molecular formula is C17H14F3N5O. The van der Waals surface area contributed by atoms with E-state index in [1.165, 1.54) is 6.07 Å². The van der Waals surface area contributed by atoms with Crippen LogP contribution in [0.25, 0.3) is 11.4 Å². The SMILES string of the molecule is OCCNc1nc(Nc2c(F)cc(F)cc2F)cc(-c2ccccn2)n1. The summed E-state index contributed by atoms with van der Waals surface area (Å²) in [6.45, 7) is 0.0333. The van der Waals surface area contributed by atoms with Crippen LogP contribution in [0, 0.1) is 17.5 Å². The molecule has 134 valence electrons. The molecule has 2 aromatic heterocycles. The van der Waals surface area contributed by atoms with Gasteiger partial charge in [-0.1, -0.05) is 6.07 Å². The van der Waals surface area contributed by atoms with E-state index in [0.717, 1.165) is 0 Å². The minimum atomic E-state index is -1.09. The summed E-state index contributed by atoms with van der Waals surface area (Å²) in [7, 11) is 0. The number of rotatable bonds is 6. The zero-order chi connectivity index (χ0) is 18.5. The van der Waals surface area contributed by atoms with Gasteiger partial charge in [-0.2, -0.15) is 4.98 Å². The molecular weight excluding hydrogens is 347 g/mol. The van der Waals surface area contributed by atoms with Crippen LogP contribution in [-0.2, 0) is 0 Å². The number of hydrogen-bond donors (Lipinski definition) is 3. The lowest BCUT2D eigenvalue weighted by Crippen LogP contribution is -2.10. The Kier molecular flexibility index (Phi) is 5.28. The quantitative estimate of drug-likeness (QED) is 0.626. The average Bonchev–Trinajstić information content (AvgIpc) is 2.63. The summed E-state index contributed by atoms with van der Waals surface area (Å²) in [6, 6.07) is 7.79. The second-order valence-electron chi connectivity index (χ2n) is 5.20. The van der Waals surface area contributed by atoms with Crippen molar-refractivity contribution in [2.45, 2.75) is 0 Å². The topological polar surface area (TPSA) is 83.0 Å². The predicted molar refractivity (Wildman–Crippen MR) is 90.4 cm³/mol. The second kappa shape index (κ2) is 7.79. The third-order valence-corrected chi connectivity index (χ3v) is 3.31. The summed E-state index contributed by atoms with van der Waals surface area (Å²) in [5.74, 6) is -3.00. The molecule has 3 N–H and O–H groups in total. The first-order valence-corrected chi connectivity index (χ1v) is 7.63. The molecule has 0 aliphatic carbocycles. The third kappa shape index (κ3) is 4.06. The molecule has 3 rings (SSSR count). The predicted octanol–water partition coefficient (Wildman–Crippen LogP) is 3.10. The average molecular weight is 361 g/mol. The minimum absolute atomic E-state index is 0.0745. The van der Waals surface area contributed by atoms with Crippen molar-refractivity contribution in [3.05, 3.63) is 60.0 Å². The van der Waals surface area contributed by atoms with E-state index >= 15 is 0 Å². The molecule has 26 heavy (non-hydrogen) atoms. The van der Waals surface area contributed by atoms with Gasteiger partial charge in [0.1, 0.15) is 17.3 Å². The molecule has 0 amide bonds. The van der Waals surface area contributed by atoms with Crippen LogP contribution in [0.2, 0.25) is 0 Å². The molecule has 0 aliphatic heterocycles. The van der Waals surface area contributed by atoms with Crippen molar-refractivity contribution < 1.29 is 18.3 Å². The summed E-state index contributed by atoms with van der Waals surface area (Å²) in [5.41, 5.74) is 0.377. The van der Waals surface area contributed by atoms with Crippen molar-refractivity contribution >= 4 is 17.5 Å². The zero-order valence-corrected chi connectivity index (χ0v) is 13.4. The number of aliphatic hydroxyl groups excluding tert-OH is 1. The van der Waals surface area contributed by atoms with Crippen molar-refractivity contribution in [1.82, 2.24) is 15.0 Å². The summed E-state index contributed by atoms with van der Waals surface area (Å²) in [5, 5.41) is 14.2. The third-order valence-electron chi connectivity index (χ3n) is 3.31. The standard InChI is InChI=1S/C17H14F3N5O/c18-10-7-11(19)16(12(20)8-10)24-15-9-14(13-3-1-2-4-21-13)23-17(25-15)22-5-6-26/h1-4,7-9,26H,5-6H2,(H2,22,23,24,25). The molecule has 0 bridgehead atoms. The molecule has 0 spiro atoms.